The van der Waals surface area contributed by atoms with E-state index in [1.807, 2.05) is 12.1 Å². The second kappa shape index (κ2) is 10.4. The van der Waals surface area contributed by atoms with Crippen molar-refractivity contribution in [3.05, 3.63) is 53.9 Å². The summed E-state index contributed by atoms with van der Waals surface area (Å²) in [6.45, 7) is 3.13. The van der Waals surface area contributed by atoms with Gasteiger partial charge in [0.05, 0.1) is 25.0 Å². The van der Waals surface area contributed by atoms with Gasteiger partial charge >= 0.3 is 6.01 Å². The molecule has 1 aliphatic rings. The molecular formula is C21H27N5O3. The van der Waals surface area contributed by atoms with Gasteiger partial charge in [0, 0.05) is 27.2 Å². The molecule has 2 heterocycles. The molecule has 1 amide bonds. The molecule has 0 radical (unpaired) electrons. The number of benzene rings is 1. The molecule has 0 fully saturated rings. The van der Waals surface area contributed by atoms with Crippen molar-refractivity contribution < 1.29 is 14.3 Å². The predicted molar refractivity (Wildman–Crippen MR) is 112 cm³/mol. The lowest BCUT2D eigenvalue weighted by atomic mass is 10.1. The molecule has 1 aliphatic heterocycles. The van der Waals surface area contributed by atoms with Gasteiger partial charge in [0.15, 0.2) is 5.82 Å². The minimum Gasteiger partial charge on any atom is -0.461 e. The first kappa shape index (κ1) is 20.6. The summed E-state index contributed by atoms with van der Waals surface area (Å²) in [6.07, 6.45) is 7.81. The Balaban J connectivity index is 1.70. The average molecular weight is 397 g/mol. The Kier molecular flexibility index (Phi) is 7.40. The summed E-state index contributed by atoms with van der Waals surface area (Å²) >= 11 is 0. The van der Waals surface area contributed by atoms with E-state index >= 15 is 0 Å². The summed E-state index contributed by atoms with van der Waals surface area (Å²) in [6, 6.07) is 8.49. The Morgan fingerprint density at radius 1 is 1.24 bits per heavy atom. The van der Waals surface area contributed by atoms with Crippen LogP contribution in [0.1, 0.15) is 17.5 Å². The van der Waals surface area contributed by atoms with Crippen LogP contribution in [0.15, 0.2) is 42.7 Å². The van der Waals surface area contributed by atoms with Crippen molar-refractivity contribution in [1.29, 1.82) is 0 Å². The minimum atomic E-state index is 0.205. The summed E-state index contributed by atoms with van der Waals surface area (Å²) < 4.78 is 10.5. The fourth-order valence-corrected chi connectivity index (χ4v) is 3.05. The molecule has 8 nitrogen and oxygen atoms in total. The molecule has 0 saturated carbocycles. The number of methoxy groups -OCH3 is 1. The van der Waals surface area contributed by atoms with Gasteiger partial charge in [-0.05, 0) is 23.7 Å². The van der Waals surface area contributed by atoms with Crippen molar-refractivity contribution in [3.8, 4) is 6.01 Å². The van der Waals surface area contributed by atoms with E-state index < -0.39 is 0 Å². The lowest BCUT2D eigenvalue weighted by molar-refractivity contribution is -0.107. The zero-order valence-electron chi connectivity index (χ0n) is 16.9. The fraction of sp³-hybridized carbons (Fsp3) is 0.381. The number of nitrogens with zero attached hydrogens (tertiary/aromatic N) is 4. The van der Waals surface area contributed by atoms with Crippen molar-refractivity contribution >= 4 is 17.9 Å². The molecule has 3 rings (SSSR count). The summed E-state index contributed by atoms with van der Waals surface area (Å²) in [5.74, 6) is 0.469. The molecule has 0 bridgehead atoms. The van der Waals surface area contributed by atoms with Crippen LogP contribution < -0.4 is 15.0 Å². The van der Waals surface area contributed by atoms with Crippen LogP contribution >= 0.6 is 0 Å². The topological polar surface area (TPSA) is 79.8 Å². The van der Waals surface area contributed by atoms with Crippen LogP contribution in [0.2, 0.25) is 0 Å². The number of carbonyl (C=O) groups excluding carboxylic acids is 1. The van der Waals surface area contributed by atoms with Gasteiger partial charge in [-0.15, -0.1) is 0 Å². The van der Waals surface area contributed by atoms with E-state index in [9.17, 15) is 4.79 Å². The van der Waals surface area contributed by atoms with Gasteiger partial charge in [-0.1, -0.05) is 30.3 Å². The van der Waals surface area contributed by atoms with E-state index in [-0.39, 0.29) is 6.01 Å². The van der Waals surface area contributed by atoms with Gasteiger partial charge in [-0.25, -0.2) is 4.98 Å². The molecule has 0 unspecified atom stereocenters. The molecular weight excluding hydrogens is 370 g/mol. The highest BCUT2D eigenvalue weighted by Crippen LogP contribution is 2.25. The Morgan fingerprint density at radius 3 is 2.69 bits per heavy atom. The van der Waals surface area contributed by atoms with Crippen LogP contribution in [0.3, 0.4) is 0 Å². The first-order valence-corrected chi connectivity index (χ1v) is 9.60. The zero-order chi connectivity index (χ0) is 20.5. The number of hydrogen-bond acceptors (Lipinski definition) is 7. The smallest absolute Gasteiger partial charge is 0.318 e. The van der Waals surface area contributed by atoms with Crippen LogP contribution in [-0.2, 0) is 22.6 Å². The number of ether oxygens (including phenoxy) is 2. The van der Waals surface area contributed by atoms with Gasteiger partial charge in [-0.2, -0.15) is 4.98 Å². The number of aromatic nitrogens is 2. The molecule has 1 N–H and O–H groups in total. The van der Waals surface area contributed by atoms with Crippen LogP contribution in [0.25, 0.3) is 0 Å². The maximum Gasteiger partial charge on any atom is 0.318 e. The van der Waals surface area contributed by atoms with Gasteiger partial charge in [-0.3, -0.25) is 9.69 Å². The monoisotopic (exact) mass is 397 g/mol. The minimum absolute atomic E-state index is 0.205. The van der Waals surface area contributed by atoms with Crippen molar-refractivity contribution in [3.63, 3.8) is 0 Å². The standard InChI is InChI=1S/C21H27N5O3/c1-22-19-13-23-21(29-12-11-28-2)24-20(19)26(16-27)15-18-7-5-17(6-8-18)14-25-9-3-4-10-25/h3,5-9,13,16,22H,4,10-12,14-15H2,1-2H3. The molecule has 1 aromatic heterocycles. The maximum absolute atomic E-state index is 11.8. The normalized spacial score (nSPS) is 12.8. The summed E-state index contributed by atoms with van der Waals surface area (Å²) in [7, 11) is 3.36. The van der Waals surface area contributed by atoms with E-state index in [2.05, 4.69) is 44.6 Å². The lowest BCUT2D eigenvalue weighted by Gasteiger charge is -2.20. The number of nitrogens with one attached hydrogen (secondary N) is 1. The summed E-state index contributed by atoms with van der Waals surface area (Å²) in [5.41, 5.74) is 2.90. The highest BCUT2D eigenvalue weighted by atomic mass is 16.5. The Labute approximate surface area is 171 Å². The molecule has 0 spiro atoms. The van der Waals surface area contributed by atoms with E-state index in [0.29, 0.717) is 31.3 Å². The van der Waals surface area contributed by atoms with Crippen LogP contribution in [0.5, 0.6) is 6.01 Å². The quantitative estimate of drug-likeness (QED) is 0.461. The third-order valence-electron chi connectivity index (χ3n) is 4.59. The van der Waals surface area contributed by atoms with E-state index in [1.165, 1.54) is 10.5 Å². The molecule has 0 saturated heterocycles. The van der Waals surface area contributed by atoms with E-state index in [0.717, 1.165) is 31.5 Å². The second-order valence-corrected chi connectivity index (χ2v) is 6.67. The second-order valence-electron chi connectivity index (χ2n) is 6.67. The Bertz CT molecular complexity index is 826. The van der Waals surface area contributed by atoms with Crippen LogP contribution in [-0.4, -0.2) is 55.2 Å². The van der Waals surface area contributed by atoms with Crippen molar-refractivity contribution in [2.75, 3.05) is 44.1 Å². The van der Waals surface area contributed by atoms with Crippen molar-refractivity contribution in [2.45, 2.75) is 19.5 Å². The van der Waals surface area contributed by atoms with E-state index in [1.54, 1.807) is 20.4 Å². The molecule has 2 aromatic rings. The highest BCUT2D eigenvalue weighted by molar-refractivity contribution is 5.80. The van der Waals surface area contributed by atoms with Gasteiger partial charge < -0.3 is 19.7 Å². The molecule has 0 aliphatic carbocycles. The van der Waals surface area contributed by atoms with Gasteiger partial charge in [0.1, 0.15) is 6.61 Å². The average Bonchev–Trinajstić information content (AvgIpc) is 3.26. The first-order chi connectivity index (χ1) is 14.2. The number of rotatable bonds is 11. The predicted octanol–water partition coefficient (Wildman–Crippen LogP) is 2.43. The van der Waals surface area contributed by atoms with Crippen LogP contribution in [0.4, 0.5) is 11.5 Å². The summed E-state index contributed by atoms with van der Waals surface area (Å²) in [5, 5.41) is 3.02. The third kappa shape index (κ3) is 5.68. The summed E-state index contributed by atoms with van der Waals surface area (Å²) in [4.78, 5) is 24.2. The van der Waals surface area contributed by atoms with Crippen LogP contribution in [0, 0.1) is 0 Å². The lowest BCUT2D eigenvalue weighted by Crippen LogP contribution is -2.23. The van der Waals surface area contributed by atoms with Crippen molar-refractivity contribution in [1.82, 2.24) is 14.9 Å². The molecule has 1 aromatic carbocycles. The SMILES string of the molecule is CNc1cnc(OCCOC)nc1N(C=O)Cc1ccc(CN2C=CCC2)cc1. The fourth-order valence-electron chi connectivity index (χ4n) is 3.05. The Morgan fingerprint density at radius 2 is 2.03 bits per heavy atom. The number of anilines is 2. The largest absolute Gasteiger partial charge is 0.461 e. The zero-order valence-corrected chi connectivity index (χ0v) is 16.9. The number of carbonyl (C=O) groups is 1. The molecule has 0 atom stereocenters. The molecule has 154 valence electrons. The number of hydrogen-bond donors (Lipinski definition) is 1. The highest BCUT2D eigenvalue weighted by Gasteiger charge is 2.15. The Hall–Kier alpha value is -3.13. The third-order valence-corrected chi connectivity index (χ3v) is 4.59. The first-order valence-electron chi connectivity index (χ1n) is 9.60. The maximum atomic E-state index is 11.8. The van der Waals surface area contributed by atoms with E-state index in [4.69, 9.17) is 9.47 Å². The molecule has 29 heavy (non-hydrogen) atoms. The molecule has 8 heteroatoms. The van der Waals surface area contributed by atoms with Crippen molar-refractivity contribution in [2.24, 2.45) is 0 Å². The van der Waals surface area contributed by atoms with Gasteiger partial charge in [0.2, 0.25) is 6.41 Å². The van der Waals surface area contributed by atoms with Gasteiger partial charge in [0.25, 0.3) is 0 Å². The number of amides is 1.